The molecule has 0 saturated carbocycles. The van der Waals surface area contributed by atoms with Crippen LogP contribution in [0.3, 0.4) is 0 Å². The van der Waals surface area contributed by atoms with Gasteiger partial charge in [-0.3, -0.25) is 4.79 Å². The van der Waals surface area contributed by atoms with Crippen molar-refractivity contribution >= 4 is 5.91 Å². The zero-order chi connectivity index (χ0) is 13.2. The van der Waals surface area contributed by atoms with Gasteiger partial charge in [0.2, 0.25) is 5.91 Å². The van der Waals surface area contributed by atoms with Crippen LogP contribution in [-0.2, 0) is 16.0 Å². The highest BCUT2D eigenvalue weighted by molar-refractivity contribution is 5.74. The molecule has 4 heteroatoms. The molecule has 3 rings (SSSR count). The van der Waals surface area contributed by atoms with E-state index in [1.165, 1.54) is 11.1 Å². The van der Waals surface area contributed by atoms with E-state index in [-0.39, 0.29) is 11.9 Å². The first-order valence-electron chi connectivity index (χ1n) is 6.66. The van der Waals surface area contributed by atoms with Gasteiger partial charge in [-0.15, -0.1) is 0 Å². The van der Waals surface area contributed by atoms with Crippen molar-refractivity contribution in [3.05, 3.63) is 47.9 Å². The fraction of sp³-hybridized carbons (Fsp3) is 0.400. The summed E-state index contributed by atoms with van der Waals surface area (Å²) in [4.78, 5) is 13.4. The highest BCUT2D eigenvalue weighted by Crippen LogP contribution is 2.38. The first-order chi connectivity index (χ1) is 9.25. The summed E-state index contributed by atoms with van der Waals surface area (Å²) in [5.74, 6) is 0.102. The molecule has 1 aliphatic carbocycles. The maximum atomic E-state index is 11.4. The van der Waals surface area contributed by atoms with Crippen LogP contribution in [0.4, 0.5) is 0 Å². The number of rotatable bonds is 4. The summed E-state index contributed by atoms with van der Waals surface area (Å²) < 4.78 is 5.26. The third-order valence-electron chi connectivity index (χ3n) is 4.05. The Balaban J connectivity index is 1.88. The zero-order valence-electron chi connectivity index (χ0n) is 10.8. The monoisotopic (exact) mass is 258 g/mol. The first-order valence-corrected chi connectivity index (χ1v) is 6.66. The number of nitrogens with two attached hydrogens (primary N) is 1. The normalized spacial score (nSPS) is 22.1. The molecule has 100 valence electrons. The van der Waals surface area contributed by atoms with Crippen molar-refractivity contribution in [2.75, 3.05) is 6.73 Å². The van der Waals surface area contributed by atoms with E-state index in [1.807, 2.05) is 6.20 Å². The number of hydrogen-bond acceptors (Lipinski definition) is 3. The Morgan fingerprint density at radius 2 is 2.32 bits per heavy atom. The van der Waals surface area contributed by atoms with Gasteiger partial charge in [0.25, 0.3) is 0 Å². The van der Waals surface area contributed by atoms with Gasteiger partial charge in [0.1, 0.15) is 6.26 Å². The maximum Gasteiger partial charge on any atom is 0.219 e. The second-order valence-corrected chi connectivity index (χ2v) is 5.18. The van der Waals surface area contributed by atoms with Gasteiger partial charge < -0.3 is 15.4 Å². The molecule has 0 radical (unpaired) electrons. The van der Waals surface area contributed by atoms with E-state index in [0.717, 1.165) is 12.8 Å². The molecule has 1 aromatic carbocycles. The fourth-order valence-electron chi connectivity index (χ4n) is 3.19. The minimum atomic E-state index is -0.255. The van der Waals surface area contributed by atoms with Gasteiger partial charge in [-0.1, -0.05) is 24.3 Å². The summed E-state index contributed by atoms with van der Waals surface area (Å²) >= 11 is 0. The summed E-state index contributed by atoms with van der Waals surface area (Å²) in [5, 5.41) is 0. The predicted molar refractivity (Wildman–Crippen MR) is 72.0 cm³/mol. The Bertz CT molecular complexity index is 513. The second kappa shape index (κ2) is 4.96. The maximum absolute atomic E-state index is 11.4. The van der Waals surface area contributed by atoms with Crippen LogP contribution in [0.1, 0.15) is 29.9 Å². The molecule has 2 atom stereocenters. The number of amides is 1. The van der Waals surface area contributed by atoms with Gasteiger partial charge in [0, 0.05) is 24.6 Å². The van der Waals surface area contributed by atoms with Gasteiger partial charge in [-0.2, -0.15) is 0 Å². The number of fused-ring (bicyclic) bond motifs is 1. The molecular formula is C15H18N2O2. The van der Waals surface area contributed by atoms with Crippen molar-refractivity contribution in [2.24, 2.45) is 5.73 Å². The third-order valence-corrected chi connectivity index (χ3v) is 4.05. The average Bonchev–Trinajstić information content (AvgIpc) is 3.05. The fourth-order valence-corrected chi connectivity index (χ4v) is 3.19. The minimum Gasteiger partial charge on any atom is -0.479 e. The predicted octanol–water partition coefficient (Wildman–Crippen LogP) is 1.72. The lowest BCUT2D eigenvalue weighted by atomic mass is 9.90. The number of carbonyl (C=O) groups is 1. The topological polar surface area (TPSA) is 55.6 Å². The molecule has 19 heavy (non-hydrogen) atoms. The molecule has 0 spiro atoms. The molecule has 0 fully saturated rings. The minimum absolute atomic E-state index is 0.0971. The van der Waals surface area contributed by atoms with Crippen LogP contribution in [0, 0.1) is 0 Å². The summed E-state index contributed by atoms with van der Waals surface area (Å²) in [6, 6.07) is 8.58. The van der Waals surface area contributed by atoms with Gasteiger partial charge >= 0.3 is 0 Å². The van der Waals surface area contributed by atoms with Crippen LogP contribution >= 0.6 is 0 Å². The number of nitrogens with zero attached hydrogens (tertiary/aromatic N) is 1. The molecule has 2 unspecified atom stereocenters. The summed E-state index contributed by atoms with van der Waals surface area (Å²) in [6.07, 6.45) is 6.10. The smallest absolute Gasteiger partial charge is 0.219 e. The molecule has 0 aromatic heterocycles. The van der Waals surface area contributed by atoms with Gasteiger partial charge in [-0.05, 0) is 24.0 Å². The Morgan fingerprint density at radius 1 is 1.47 bits per heavy atom. The molecule has 2 aliphatic rings. The van der Waals surface area contributed by atoms with Crippen LogP contribution in [0.5, 0.6) is 0 Å². The highest BCUT2D eigenvalue weighted by atomic mass is 16.5. The number of carbonyl (C=O) groups excluding carboxylic acids is 1. The Hall–Kier alpha value is -1.97. The third kappa shape index (κ3) is 2.30. The van der Waals surface area contributed by atoms with Crippen LogP contribution in [0.2, 0.25) is 0 Å². The summed E-state index contributed by atoms with van der Waals surface area (Å²) in [7, 11) is 0. The number of hydrogen-bond donors (Lipinski definition) is 1. The van der Waals surface area contributed by atoms with E-state index in [0.29, 0.717) is 19.1 Å². The van der Waals surface area contributed by atoms with E-state index in [2.05, 4.69) is 29.2 Å². The van der Waals surface area contributed by atoms with E-state index < -0.39 is 0 Å². The van der Waals surface area contributed by atoms with Gasteiger partial charge in [0.15, 0.2) is 6.73 Å². The summed E-state index contributed by atoms with van der Waals surface area (Å²) in [5.41, 5.74) is 8.17. The lowest BCUT2D eigenvalue weighted by molar-refractivity contribution is -0.119. The molecule has 0 bridgehead atoms. The first kappa shape index (κ1) is 12.1. The lowest BCUT2D eigenvalue weighted by Gasteiger charge is -2.31. The van der Waals surface area contributed by atoms with E-state index in [1.54, 1.807) is 6.26 Å². The lowest BCUT2D eigenvalue weighted by Crippen LogP contribution is -2.38. The molecule has 1 aromatic rings. The molecule has 0 saturated heterocycles. The second-order valence-electron chi connectivity index (χ2n) is 5.18. The number of primary amides is 1. The molecule has 1 heterocycles. The Kier molecular flexibility index (Phi) is 3.15. The molecular weight excluding hydrogens is 240 g/mol. The largest absolute Gasteiger partial charge is 0.479 e. The average molecular weight is 258 g/mol. The van der Waals surface area contributed by atoms with Crippen molar-refractivity contribution in [3.63, 3.8) is 0 Å². The van der Waals surface area contributed by atoms with Gasteiger partial charge in [0.05, 0.1) is 0 Å². The van der Waals surface area contributed by atoms with Crippen LogP contribution in [0.25, 0.3) is 0 Å². The van der Waals surface area contributed by atoms with Crippen molar-refractivity contribution in [1.82, 2.24) is 4.90 Å². The van der Waals surface area contributed by atoms with Crippen LogP contribution in [-0.4, -0.2) is 23.6 Å². The number of ether oxygens (including phenoxy) is 1. The molecule has 2 N–H and O–H groups in total. The van der Waals surface area contributed by atoms with Crippen molar-refractivity contribution in [3.8, 4) is 0 Å². The highest BCUT2D eigenvalue weighted by Gasteiger charge is 2.34. The summed E-state index contributed by atoms with van der Waals surface area (Å²) in [6.45, 7) is 0.511. The van der Waals surface area contributed by atoms with Gasteiger partial charge in [-0.25, -0.2) is 0 Å². The van der Waals surface area contributed by atoms with E-state index in [9.17, 15) is 4.79 Å². The van der Waals surface area contributed by atoms with Crippen LogP contribution < -0.4 is 5.73 Å². The standard InChI is InChI=1S/C15H18N2O2/c16-15(18)9-14(17-7-8-19-10-17)13-6-5-11-3-1-2-4-12(11)13/h1-4,7-8,13-14H,5-6,9-10H2,(H2,16,18). The number of aryl methyl sites for hydroxylation is 1. The van der Waals surface area contributed by atoms with Crippen molar-refractivity contribution in [2.45, 2.75) is 31.2 Å². The molecule has 1 amide bonds. The quantitative estimate of drug-likeness (QED) is 0.894. The number of benzene rings is 1. The zero-order valence-corrected chi connectivity index (χ0v) is 10.8. The molecule has 4 nitrogen and oxygen atoms in total. The van der Waals surface area contributed by atoms with Crippen molar-refractivity contribution in [1.29, 1.82) is 0 Å². The van der Waals surface area contributed by atoms with E-state index >= 15 is 0 Å². The van der Waals surface area contributed by atoms with Crippen LogP contribution in [0.15, 0.2) is 36.7 Å². The Labute approximate surface area is 112 Å². The molecule has 1 aliphatic heterocycles. The van der Waals surface area contributed by atoms with Crippen molar-refractivity contribution < 1.29 is 9.53 Å². The SMILES string of the molecule is NC(=O)CC(C1CCc2ccccc21)N1C=COC1. The Morgan fingerprint density at radius 3 is 3.05 bits per heavy atom. The van der Waals surface area contributed by atoms with E-state index in [4.69, 9.17) is 10.5 Å².